The predicted molar refractivity (Wildman–Crippen MR) is 103 cm³/mol. The summed E-state index contributed by atoms with van der Waals surface area (Å²) in [7, 11) is 0. The number of rotatable bonds is 3. The second kappa shape index (κ2) is 6.13. The van der Waals surface area contributed by atoms with E-state index in [-0.39, 0.29) is 5.71 Å². The van der Waals surface area contributed by atoms with Crippen molar-refractivity contribution in [3.8, 4) is 0 Å². The molecule has 0 aliphatic carbocycles. The molecule has 136 valence electrons. The van der Waals surface area contributed by atoms with Crippen molar-refractivity contribution < 1.29 is 19.2 Å². The zero-order valence-electron chi connectivity index (χ0n) is 14.6. The molecule has 1 saturated heterocycles. The summed E-state index contributed by atoms with van der Waals surface area (Å²) in [5, 5.41) is 5.50. The molecule has 6 heteroatoms. The van der Waals surface area contributed by atoms with Gasteiger partial charge in [0.15, 0.2) is 0 Å². The van der Waals surface area contributed by atoms with E-state index in [1.807, 2.05) is 30.3 Å². The minimum Gasteiger partial charge on any atom is -0.381 e. The van der Waals surface area contributed by atoms with Crippen LogP contribution in [0.4, 0.5) is 5.69 Å². The molecule has 0 spiro atoms. The maximum atomic E-state index is 13.2. The average molecular weight is 370 g/mol. The summed E-state index contributed by atoms with van der Waals surface area (Å²) in [5.74, 6) is -2.43. The van der Waals surface area contributed by atoms with Crippen molar-refractivity contribution in [2.75, 3.05) is 4.90 Å². The highest BCUT2D eigenvalue weighted by molar-refractivity contribution is 6.53. The zero-order valence-corrected chi connectivity index (χ0v) is 14.6. The van der Waals surface area contributed by atoms with E-state index in [2.05, 4.69) is 5.16 Å². The first kappa shape index (κ1) is 16.4. The van der Waals surface area contributed by atoms with Crippen molar-refractivity contribution in [2.45, 2.75) is 6.10 Å². The molecule has 0 N–H and O–H groups in total. The van der Waals surface area contributed by atoms with Crippen LogP contribution in [0.1, 0.15) is 10.4 Å². The Hall–Kier alpha value is -3.80. The van der Waals surface area contributed by atoms with E-state index in [0.29, 0.717) is 11.3 Å². The fourth-order valence-electron chi connectivity index (χ4n) is 3.76. The van der Waals surface area contributed by atoms with E-state index in [0.717, 1.165) is 15.7 Å². The van der Waals surface area contributed by atoms with Crippen LogP contribution in [0.5, 0.6) is 0 Å². The molecule has 0 radical (unpaired) electrons. The maximum absolute atomic E-state index is 13.2. The number of hydrogen-bond acceptors (Lipinski definition) is 5. The van der Waals surface area contributed by atoms with E-state index in [1.165, 1.54) is 0 Å². The Bertz CT molecular complexity index is 1160. The van der Waals surface area contributed by atoms with Crippen molar-refractivity contribution in [3.05, 3.63) is 78.4 Å². The minimum absolute atomic E-state index is 0.0295. The summed E-state index contributed by atoms with van der Waals surface area (Å²) in [6.07, 6.45) is -1.10. The fraction of sp³-hybridized carbons (Fsp3) is 0.0909. The molecule has 5 rings (SSSR count). The number of oxime groups is 1. The molecular weight excluding hydrogens is 356 g/mol. The van der Waals surface area contributed by atoms with Gasteiger partial charge in [-0.25, -0.2) is 4.90 Å². The van der Waals surface area contributed by atoms with E-state index >= 15 is 0 Å². The van der Waals surface area contributed by atoms with Crippen molar-refractivity contribution in [2.24, 2.45) is 11.1 Å². The first-order valence-electron chi connectivity index (χ1n) is 8.86. The van der Waals surface area contributed by atoms with Crippen molar-refractivity contribution in [1.82, 2.24) is 0 Å². The Morgan fingerprint density at radius 2 is 1.57 bits per heavy atom. The summed E-state index contributed by atoms with van der Waals surface area (Å²) in [5.41, 5.74) is 0.852. The van der Waals surface area contributed by atoms with E-state index in [9.17, 15) is 14.4 Å². The predicted octanol–water partition coefficient (Wildman–Crippen LogP) is 2.97. The Morgan fingerprint density at radius 1 is 0.857 bits per heavy atom. The van der Waals surface area contributed by atoms with Gasteiger partial charge in [-0.3, -0.25) is 14.4 Å². The summed E-state index contributed by atoms with van der Waals surface area (Å²) >= 11 is 0. The zero-order chi connectivity index (χ0) is 19.3. The van der Waals surface area contributed by atoms with Crippen LogP contribution in [0.15, 0.2) is 78.0 Å². The third kappa shape index (κ3) is 2.28. The molecule has 2 aliphatic heterocycles. The first-order valence-corrected chi connectivity index (χ1v) is 8.86. The van der Waals surface area contributed by atoms with Gasteiger partial charge in [0, 0.05) is 5.56 Å². The first-order chi connectivity index (χ1) is 13.7. The number of hydrogen-bond donors (Lipinski definition) is 0. The number of fused-ring (bicyclic) bond motifs is 2. The van der Waals surface area contributed by atoms with Gasteiger partial charge >= 0.3 is 0 Å². The van der Waals surface area contributed by atoms with Gasteiger partial charge in [0.25, 0.3) is 5.91 Å². The van der Waals surface area contributed by atoms with Crippen LogP contribution in [-0.2, 0) is 14.4 Å². The number of amides is 2. The quantitative estimate of drug-likeness (QED) is 0.525. The van der Waals surface area contributed by atoms with Crippen molar-refractivity contribution >= 4 is 39.8 Å². The highest BCUT2D eigenvalue weighted by atomic mass is 16.7. The smallest absolute Gasteiger partial charge is 0.278 e. The van der Waals surface area contributed by atoms with Gasteiger partial charge in [0.1, 0.15) is 11.6 Å². The van der Waals surface area contributed by atoms with Crippen LogP contribution >= 0.6 is 0 Å². The molecule has 0 saturated carbocycles. The van der Waals surface area contributed by atoms with Crippen LogP contribution in [-0.4, -0.2) is 29.4 Å². The number of nitrogens with zero attached hydrogens (tertiary/aromatic N) is 2. The molecule has 28 heavy (non-hydrogen) atoms. The average Bonchev–Trinajstić information content (AvgIpc) is 3.28. The number of carbonyl (C=O) groups excluding carboxylic acids is 3. The van der Waals surface area contributed by atoms with Crippen LogP contribution in [0.3, 0.4) is 0 Å². The fourth-order valence-corrected chi connectivity index (χ4v) is 3.76. The lowest BCUT2D eigenvalue weighted by molar-refractivity contribution is -0.126. The second-order valence-corrected chi connectivity index (χ2v) is 6.68. The van der Waals surface area contributed by atoms with Gasteiger partial charge in [-0.2, -0.15) is 0 Å². The highest BCUT2D eigenvalue weighted by Gasteiger charge is 2.57. The summed E-state index contributed by atoms with van der Waals surface area (Å²) in [6.45, 7) is 0. The molecule has 2 heterocycles. The Labute approximate surface area is 160 Å². The van der Waals surface area contributed by atoms with Gasteiger partial charge in [0.2, 0.25) is 17.8 Å². The molecule has 0 bridgehead atoms. The topological polar surface area (TPSA) is 76.0 Å². The van der Waals surface area contributed by atoms with Crippen LogP contribution in [0.2, 0.25) is 0 Å². The minimum atomic E-state index is -1.10. The van der Waals surface area contributed by atoms with Gasteiger partial charge in [-0.15, -0.1) is 0 Å². The lowest BCUT2D eigenvalue weighted by Crippen LogP contribution is -2.34. The third-order valence-electron chi connectivity index (χ3n) is 5.09. The van der Waals surface area contributed by atoms with Crippen LogP contribution < -0.4 is 4.90 Å². The van der Waals surface area contributed by atoms with E-state index < -0.39 is 29.6 Å². The number of para-hydroxylation sites is 1. The maximum Gasteiger partial charge on any atom is 0.278 e. The van der Waals surface area contributed by atoms with Gasteiger partial charge in [-0.05, 0) is 22.9 Å². The summed E-state index contributed by atoms with van der Waals surface area (Å²) < 4.78 is 0. The van der Waals surface area contributed by atoms with Crippen molar-refractivity contribution in [3.63, 3.8) is 0 Å². The molecule has 3 aromatic carbocycles. The van der Waals surface area contributed by atoms with Crippen LogP contribution in [0, 0.1) is 5.92 Å². The number of Topliss-reactive ketones (excluding diaryl/α,β-unsaturated/α-hetero) is 1. The molecule has 3 aromatic rings. The lowest BCUT2D eigenvalue weighted by Gasteiger charge is -2.15. The number of ketones is 1. The molecule has 6 nitrogen and oxygen atoms in total. The number of anilines is 1. The standard InChI is InChI=1S/C22H14N2O4/c25-19(16-12-6-8-13-7-4-5-11-15(13)16)18-17-20(28-23-18)22(27)24(21(17)26)14-9-2-1-3-10-14/h1-12,17,20H. The number of carbonyl (C=O) groups is 3. The largest absolute Gasteiger partial charge is 0.381 e. The number of imide groups is 1. The van der Waals surface area contributed by atoms with Gasteiger partial charge in [0.05, 0.1) is 5.69 Å². The molecular formula is C22H14N2O4. The van der Waals surface area contributed by atoms with Gasteiger partial charge < -0.3 is 4.84 Å². The monoisotopic (exact) mass is 370 g/mol. The molecule has 0 aromatic heterocycles. The highest BCUT2D eigenvalue weighted by Crippen LogP contribution is 2.34. The lowest BCUT2D eigenvalue weighted by atomic mass is 9.91. The SMILES string of the molecule is O=C(C1=NOC2C(=O)N(c3ccccc3)C(=O)C12)c1cccc2ccccc12. The molecule has 2 aliphatic rings. The van der Waals surface area contributed by atoms with Crippen LogP contribution in [0.25, 0.3) is 10.8 Å². The third-order valence-corrected chi connectivity index (χ3v) is 5.09. The Morgan fingerprint density at radius 3 is 2.39 bits per heavy atom. The van der Waals surface area contributed by atoms with Crippen molar-refractivity contribution in [1.29, 1.82) is 0 Å². The molecule has 2 amide bonds. The van der Waals surface area contributed by atoms with E-state index in [1.54, 1.807) is 42.5 Å². The normalized spacial score (nSPS) is 20.9. The Kier molecular flexibility index (Phi) is 3.58. The second-order valence-electron chi connectivity index (χ2n) is 6.68. The molecule has 2 atom stereocenters. The molecule has 2 unspecified atom stereocenters. The molecule has 1 fully saturated rings. The summed E-state index contributed by atoms with van der Waals surface area (Å²) in [4.78, 5) is 45.2. The van der Waals surface area contributed by atoms with E-state index in [4.69, 9.17) is 4.84 Å². The van der Waals surface area contributed by atoms with Gasteiger partial charge in [-0.1, -0.05) is 65.8 Å². The summed E-state index contributed by atoms with van der Waals surface area (Å²) in [6, 6.07) is 21.5. The number of benzene rings is 3. The Balaban J connectivity index is 1.53.